The first-order valence-electron chi connectivity index (χ1n) is 10.7. The second-order valence-corrected chi connectivity index (χ2v) is 7.56. The number of nitrogens with zero attached hydrogens (tertiary/aromatic N) is 1. The maximum absolute atomic E-state index is 13.1. The number of fused-ring (bicyclic) bond motifs is 1. The van der Waals surface area contributed by atoms with Crippen molar-refractivity contribution >= 4 is 23.5 Å². The van der Waals surface area contributed by atoms with Crippen LogP contribution in [0.15, 0.2) is 78.9 Å². The van der Waals surface area contributed by atoms with E-state index in [1.807, 2.05) is 60.7 Å². The lowest BCUT2D eigenvalue weighted by molar-refractivity contribution is -0.143. The highest BCUT2D eigenvalue weighted by atomic mass is 16.6. The van der Waals surface area contributed by atoms with Crippen LogP contribution in [0.4, 0.5) is 5.69 Å². The number of carbonyl (C=O) groups is 3. The summed E-state index contributed by atoms with van der Waals surface area (Å²) in [6.45, 7) is -0.758. The summed E-state index contributed by atoms with van der Waals surface area (Å²) in [5.74, 6) is -0.661. The number of hydrogen-bond acceptors (Lipinski definition) is 6. The van der Waals surface area contributed by atoms with Crippen molar-refractivity contribution in [2.75, 3.05) is 31.8 Å². The largest absolute Gasteiger partial charge is 0.478 e. The first kappa shape index (κ1) is 22.8. The van der Waals surface area contributed by atoms with E-state index in [1.54, 1.807) is 18.2 Å². The Morgan fingerprint density at radius 3 is 2.24 bits per heavy atom. The average Bonchev–Trinajstić information content (AvgIpc) is 2.88. The summed E-state index contributed by atoms with van der Waals surface area (Å²) in [5.41, 5.74) is 2.24. The Labute approximate surface area is 197 Å². The van der Waals surface area contributed by atoms with Gasteiger partial charge in [0.1, 0.15) is 6.54 Å². The second-order valence-electron chi connectivity index (χ2n) is 7.56. The van der Waals surface area contributed by atoms with E-state index in [-0.39, 0.29) is 43.4 Å². The Hall–Kier alpha value is -4.33. The summed E-state index contributed by atoms with van der Waals surface area (Å²) < 4.78 is 15.6. The SMILES string of the molecule is COC(=O)COc1cccc2c1OCC(=O)N2CC(=O)NC(c1ccccc1)c1ccccc1. The fourth-order valence-corrected chi connectivity index (χ4v) is 3.69. The average molecular weight is 460 g/mol. The number of para-hydroxylation sites is 1. The molecule has 174 valence electrons. The first-order chi connectivity index (χ1) is 16.6. The Kier molecular flexibility index (Phi) is 7.07. The molecule has 8 nitrogen and oxygen atoms in total. The van der Waals surface area contributed by atoms with Gasteiger partial charge in [-0.15, -0.1) is 0 Å². The van der Waals surface area contributed by atoms with Crippen molar-refractivity contribution in [2.45, 2.75) is 6.04 Å². The number of hydrogen-bond donors (Lipinski definition) is 1. The normalized spacial score (nSPS) is 12.5. The third-order valence-corrected chi connectivity index (χ3v) is 5.34. The van der Waals surface area contributed by atoms with Crippen molar-refractivity contribution in [2.24, 2.45) is 0 Å². The highest BCUT2D eigenvalue weighted by Crippen LogP contribution is 2.40. The smallest absolute Gasteiger partial charge is 0.343 e. The van der Waals surface area contributed by atoms with Gasteiger partial charge in [0.2, 0.25) is 5.91 Å². The molecule has 0 spiro atoms. The predicted octanol–water partition coefficient (Wildman–Crippen LogP) is 2.87. The minimum atomic E-state index is -0.548. The summed E-state index contributed by atoms with van der Waals surface area (Å²) in [4.78, 5) is 38.6. The maximum Gasteiger partial charge on any atom is 0.343 e. The summed E-state index contributed by atoms with van der Waals surface area (Å²) in [7, 11) is 1.26. The maximum atomic E-state index is 13.1. The lowest BCUT2D eigenvalue weighted by Gasteiger charge is -2.30. The van der Waals surface area contributed by atoms with Gasteiger partial charge in [-0.1, -0.05) is 66.7 Å². The van der Waals surface area contributed by atoms with Crippen LogP contribution >= 0.6 is 0 Å². The van der Waals surface area contributed by atoms with Gasteiger partial charge in [0.05, 0.1) is 18.8 Å². The van der Waals surface area contributed by atoms with Gasteiger partial charge in [0.25, 0.3) is 5.91 Å². The number of esters is 1. The predicted molar refractivity (Wildman–Crippen MR) is 125 cm³/mol. The molecule has 1 aliphatic heterocycles. The molecule has 34 heavy (non-hydrogen) atoms. The van der Waals surface area contributed by atoms with Crippen molar-refractivity contribution in [3.8, 4) is 11.5 Å². The number of ether oxygens (including phenoxy) is 3. The number of benzene rings is 3. The third kappa shape index (κ3) is 5.17. The lowest BCUT2D eigenvalue weighted by Crippen LogP contribution is -2.46. The Morgan fingerprint density at radius 2 is 1.62 bits per heavy atom. The van der Waals surface area contributed by atoms with Gasteiger partial charge >= 0.3 is 5.97 Å². The summed E-state index contributed by atoms with van der Waals surface area (Å²) in [6.07, 6.45) is 0. The number of amides is 2. The molecular weight excluding hydrogens is 436 g/mol. The van der Waals surface area contributed by atoms with Crippen LogP contribution in [-0.2, 0) is 19.1 Å². The molecule has 0 aromatic heterocycles. The molecule has 1 aliphatic rings. The highest BCUT2D eigenvalue weighted by Gasteiger charge is 2.30. The number of rotatable bonds is 8. The van der Waals surface area contributed by atoms with Gasteiger partial charge in [-0.05, 0) is 23.3 Å². The minimum Gasteiger partial charge on any atom is -0.478 e. The van der Waals surface area contributed by atoms with Crippen LogP contribution in [0.1, 0.15) is 17.2 Å². The fourth-order valence-electron chi connectivity index (χ4n) is 3.69. The van der Waals surface area contributed by atoms with Crippen LogP contribution in [0, 0.1) is 0 Å². The van der Waals surface area contributed by atoms with Crippen LogP contribution in [0.3, 0.4) is 0 Å². The molecule has 0 saturated heterocycles. The van der Waals surface area contributed by atoms with Gasteiger partial charge in [0.15, 0.2) is 24.7 Å². The highest BCUT2D eigenvalue weighted by molar-refractivity contribution is 6.02. The van der Waals surface area contributed by atoms with Crippen LogP contribution in [-0.4, -0.2) is 44.7 Å². The second kappa shape index (κ2) is 10.5. The molecule has 3 aromatic rings. The van der Waals surface area contributed by atoms with Crippen molar-refractivity contribution < 1.29 is 28.6 Å². The quantitative estimate of drug-likeness (QED) is 0.520. The van der Waals surface area contributed by atoms with Crippen molar-refractivity contribution in [1.82, 2.24) is 5.32 Å². The van der Waals surface area contributed by atoms with Crippen LogP contribution < -0.4 is 19.7 Å². The molecule has 4 rings (SSSR count). The van der Waals surface area contributed by atoms with Gasteiger partial charge in [-0.2, -0.15) is 0 Å². The van der Waals surface area contributed by atoms with E-state index in [0.29, 0.717) is 11.4 Å². The molecular formula is C26H24N2O6. The van der Waals surface area contributed by atoms with Gasteiger partial charge in [-0.25, -0.2) is 4.79 Å². The van der Waals surface area contributed by atoms with E-state index in [1.165, 1.54) is 12.0 Å². The van der Waals surface area contributed by atoms with Crippen LogP contribution in [0.5, 0.6) is 11.5 Å². The first-order valence-corrected chi connectivity index (χ1v) is 10.7. The van der Waals surface area contributed by atoms with E-state index in [4.69, 9.17) is 9.47 Å². The third-order valence-electron chi connectivity index (χ3n) is 5.34. The van der Waals surface area contributed by atoms with E-state index in [0.717, 1.165) is 11.1 Å². The molecule has 0 unspecified atom stereocenters. The lowest BCUT2D eigenvalue weighted by atomic mass is 9.98. The number of methoxy groups -OCH3 is 1. The van der Waals surface area contributed by atoms with Crippen molar-refractivity contribution in [3.63, 3.8) is 0 Å². The van der Waals surface area contributed by atoms with Gasteiger partial charge < -0.3 is 19.5 Å². The Balaban J connectivity index is 1.55. The number of carbonyl (C=O) groups excluding carboxylic acids is 3. The zero-order valence-corrected chi connectivity index (χ0v) is 18.6. The molecule has 1 N–H and O–H groups in total. The molecule has 0 radical (unpaired) electrons. The van der Waals surface area contributed by atoms with E-state index < -0.39 is 5.97 Å². The van der Waals surface area contributed by atoms with E-state index >= 15 is 0 Å². The molecule has 0 aliphatic carbocycles. The topological polar surface area (TPSA) is 94.2 Å². The number of anilines is 1. The summed E-state index contributed by atoms with van der Waals surface area (Å²) in [5, 5.41) is 3.04. The summed E-state index contributed by atoms with van der Waals surface area (Å²) in [6, 6.07) is 23.8. The van der Waals surface area contributed by atoms with Crippen LogP contribution in [0.25, 0.3) is 0 Å². The molecule has 0 fully saturated rings. The van der Waals surface area contributed by atoms with Gasteiger partial charge in [-0.3, -0.25) is 14.5 Å². The molecule has 8 heteroatoms. The molecule has 0 atom stereocenters. The molecule has 3 aromatic carbocycles. The van der Waals surface area contributed by atoms with Crippen LogP contribution in [0.2, 0.25) is 0 Å². The fraction of sp³-hybridized carbons (Fsp3) is 0.192. The zero-order chi connectivity index (χ0) is 23.9. The van der Waals surface area contributed by atoms with Gasteiger partial charge in [0, 0.05) is 0 Å². The van der Waals surface area contributed by atoms with E-state index in [2.05, 4.69) is 10.1 Å². The van der Waals surface area contributed by atoms with Crippen molar-refractivity contribution in [3.05, 3.63) is 90.0 Å². The Morgan fingerprint density at radius 1 is 0.971 bits per heavy atom. The van der Waals surface area contributed by atoms with E-state index in [9.17, 15) is 14.4 Å². The minimum absolute atomic E-state index is 0.203. The molecule has 1 heterocycles. The zero-order valence-electron chi connectivity index (χ0n) is 18.6. The standard InChI is InChI=1S/C26H24N2O6/c1-32-24(31)17-33-21-14-8-13-20-26(21)34-16-23(30)28(20)15-22(29)27-25(18-9-4-2-5-10-18)19-11-6-3-7-12-19/h2-14,25H,15-17H2,1H3,(H,27,29). The van der Waals surface area contributed by atoms with Crippen molar-refractivity contribution in [1.29, 1.82) is 0 Å². The summed E-state index contributed by atoms with van der Waals surface area (Å²) >= 11 is 0. The molecule has 2 amide bonds. The molecule has 0 saturated carbocycles. The molecule has 0 bridgehead atoms. The Bertz CT molecular complexity index is 1130. The monoisotopic (exact) mass is 460 g/mol. The number of nitrogens with one attached hydrogen (secondary N) is 1.